The number of para-hydroxylation sites is 1. The van der Waals surface area contributed by atoms with Crippen molar-refractivity contribution in [1.29, 1.82) is 0 Å². The van der Waals surface area contributed by atoms with Crippen molar-refractivity contribution in [3.05, 3.63) is 82.4 Å². The first-order valence-corrected chi connectivity index (χ1v) is 9.56. The van der Waals surface area contributed by atoms with Crippen LogP contribution in [0.25, 0.3) is 11.5 Å². The second kappa shape index (κ2) is 7.01. The molecule has 3 heterocycles. The maximum atomic E-state index is 14.1. The molecule has 0 bridgehead atoms. The zero-order valence-corrected chi connectivity index (χ0v) is 15.5. The fourth-order valence-corrected chi connectivity index (χ4v) is 3.96. The molecule has 1 aliphatic heterocycles. The Morgan fingerprint density at radius 1 is 1.04 bits per heavy atom. The van der Waals surface area contributed by atoms with Crippen molar-refractivity contribution in [2.24, 2.45) is 4.99 Å². The van der Waals surface area contributed by atoms with E-state index in [2.05, 4.69) is 4.99 Å². The monoisotopic (exact) mass is 394 g/mol. The van der Waals surface area contributed by atoms with Crippen molar-refractivity contribution in [2.45, 2.75) is 6.54 Å². The molecule has 0 saturated heterocycles. The van der Waals surface area contributed by atoms with Crippen molar-refractivity contribution in [3.8, 4) is 23.0 Å². The summed E-state index contributed by atoms with van der Waals surface area (Å²) in [5, 5.41) is 1.96. The molecule has 2 aromatic heterocycles. The Hall–Kier alpha value is -3.32. The van der Waals surface area contributed by atoms with E-state index in [9.17, 15) is 4.39 Å². The van der Waals surface area contributed by atoms with E-state index < -0.39 is 0 Å². The summed E-state index contributed by atoms with van der Waals surface area (Å²) in [6.45, 7) is 0.763. The highest BCUT2D eigenvalue weighted by Crippen LogP contribution is 2.33. The molecule has 0 N–H and O–H groups in total. The van der Waals surface area contributed by atoms with Gasteiger partial charge in [-0.2, -0.15) is 0 Å². The number of hydrogen-bond donors (Lipinski definition) is 0. The fourth-order valence-electron chi connectivity index (χ4n) is 3.06. The summed E-state index contributed by atoms with van der Waals surface area (Å²) >= 11 is 1.44. The summed E-state index contributed by atoms with van der Waals surface area (Å²) in [4.78, 5) is 5.22. The van der Waals surface area contributed by atoms with Crippen molar-refractivity contribution < 1.29 is 18.3 Å². The predicted octanol–water partition coefficient (Wildman–Crippen LogP) is 4.96. The minimum Gasteiger partial charge on any atom is -0.463 e. The molecular formula is C21H15FN2O3S. The lowest BCUT2D eigenvalue weighted by molar-refractivity contribution is 0.174. The van der Waals surface area contributed by atoms with Gasteiger partial charge in [-0.15, -0.1) is 11.3 Å². The molecule has 140 valence electrons. The average Bonchev–Trinajstić information content (AvgIpc) is 3.45. The zero-order chi connectivity index (χ0) is 18.9. The van der Waals surface area contributed by atoms with Crippen LogP contribution in [-0.4, -0.2) is 11.4 Å². The Bertz CT molecular complexity index is 1190. The first-order valence-electron chi connectivity index (χ1n) is 8.68. The molecule has 7 heteroatoms. The van der Waals surface area contributed by atoms with E-state index in [4.69, 9.17) is 13.9 Å². The fraction of sp³-hybridized carbons (Fsp3) is 0.0952. The largest absolute Gasteiger partial charge is 0.463 e. The van der Waals surface area contributed by atoms with E-state index in [1.165, 1.54) is 17.4 Å². The van der Waals surface area contributed by atoms with Gasteiger partial charge < -0.3 is 18.5 Å². The molecule has 0 atom stereocenters. The molecule has 28 heavy (non-hydrogen) atoms. The number of rotatable bonds is 4. The summed E-state index contributed by atoms with van der Waals surface area (Å²) in [6.07, 6.45) is 1.63. The Morgan fingerprint density at radius 3 is 2.79 bits per heavy atom. The van der Waals surface area contributed by atoms with Gasteiger partial charge in [0.15, 0.2) is 22.1 Å². The van der Waals surface area contributed by atoms with Crippen LogP contribution in [0.4, 0.5) is 10.1 Å². The Morgan fingerprint density at radius 2 is 1.93 bits per heavy atom. The number of furan rings is 1. The van der Waals surface area contributed by atoms with E-state index in [1.807, 2.05) is 40.3 Å². The molecule has 1 aliphatic rings. The van der Waals surface area contributed by atoms with Crippen LogP contribution < -0.4 is 14.3 Å². The molecule has 0 radical (unpaired) electrons. The third kappa shape index (κ3) is 3.10. The Labute approximate surface area is 163 Å². The Kier molecular flexibility index (Phi) is 4.21. The van der Waals surface area contributed by atoms with Crippen LogP contribution in [-0.2, 0) is 6.54 Å². The zero-order valence-electron chi connectivity index (χ0n) is 14.7. The first-order chi connectivity index (χ1) is 13.8. The Balaban J connectivity index is 1.62. The smallest absolute Gasteiger partial charge is 0.231 e. The third-order valence-electron chi connectivity index (χ3n) is 4.42. The van der Waals surface area contributed by atoms with E-state index in [-0.39, 0.29) is 12.6 Å². The highest BCUT2D eigenvalue weighted by Gasteiger charge is 2.16. The summed E-state index contributed by atoms with van der Waals surface area (Å²) in [5.74, 6) is 1.83. The normalized spacial score (nSPS) is 13.2. The number of fused-ring (bicyclic) bond motifs is 1. The quantitative estimate of drug-likeness (QED) is 0.492. The van der Waals surface area contributed by atoms with Crippen LogP contribution >= 0.6 is 11.3 Å². The molecule has 5 rings (SSSR count). The second-order valence-electron chi connectivity index (χ2n) is 6.22. The van der Waals surface area contributed by atoms with Crippen molar-refractivity contribution in [2.75, 3.05) is 6.79 Å². The van der Waals surface area contributed by atoms with Gasteiger partial charge in [0.1, 0.15) is 11.5 Å². The standard InChI is InChI=1S/C21H15FN2O3S/c22-15-4-1-2-5-16(15)23-21-24(17(12-28-21)18-6-3-9-25-18)11-14-7-8-19-20(10-14)27-13-26-19/h1-10,12H,11,13H2. The number of ether oxygens (including phenoxy) is 2. The van der Waals surface area contributed by atoms with E-state index >= 15 is 0 Å². The van der Waals surface area contributed by atoms with E-state index in [1.54, 1.807) is 24.5 Å². The summed E-state index contributed by atoms with van der Waals surface area (Å²) in [6, 6.07) is 16.0. The van der Waals surface area contributed by atoms with E-state index in [0.29, 0.717) is 17.0 Å². The molecular weight excluding hydrogens is 379 g/mol. The molecule has 0 saturated carbocycles. The maximum absolute atomic E-state index is 14.1. The lowest BCUT2D eigenvalue weighted by atomic mass is 10.2. The first kappa shape index (κ1) is 16.8. The lowest BCUT2D eigenvalue weighted by Gasteiger charge is -2.09. The minimum absolute atomic E-state index is 0.232. The topological polar surface area (TPSA) is 48.9 Å². The lowest BCUT2D eigenvalue weighted by Crippen LogP contribution is -2.16. The van der Waals surface area contributed by atoms with Gasteiger partial charge in [0.05, 0.1) is 18.5 Å². The van der Waals surface area contributed by atoms with Crippen LogP contribution in [0.1, 0.15) is 5.56 Å². The predicted molar refractivity (Wildman–Crippen MR) is 103 cm³/mol. The van der Waals surface area contributed by atoms with E-state index in [0.717, 1.165) is 28.5 Å². The number of benzene rings is 2. The van der Waals surface area contributed by atoms with Gasteiger partial charge in [-0.1, -0.05) is 18.2 Å². The summed E-state index contributed by atoms with van der Waals surface area (Å²) < 4.78 is 32.6. The van der Waals surface area contributed by atoms with Gasteiger partial charge in [0, 0.05) is 5.38 Å². The van der Waals surface area contributed by atoms with Gasteiger partial charge in [-0.25, -0.2) is 9.38 Å². The van der Waals surface area contributed by atoms with Gasteiger partial charge in [-0.05, 0) is 42.0 Å². The van der Waals surface area contributed by atoms with Crippen LogP contribution in [0, 0.1) is 5.82 Å². The molecule has 0 unspecified atom stereocenters. The van der Waals surface area contributed by atoms with Gasteiger partial charge >= 0.3 is 0 Å². The molecule has 0 fully saturated rings. The van der Waals surface area contributed by atoms with Crippen LogP contribution in [0.2, 0.25) is 0 Å². The summed E-state index contributed by atoms with van der Waals surface area (Å²) in [7, 11) is 0. The molecule has 5 nitrogen and oxygen atoms in total. The second-order valence-corrected chi connectivity index (χ2v) is 7.05. The highest BCUT2D eigenvalue weighted by atomic mass is 32.1. The SMILES string of the molecule is Fc1ccccc1N=c1scc(-c2ccco2)n1Cc1ccc2c(c1)OCO2. The summed E-state index contributed by atoms with van der Waals surface area (Å²) in [5.41, 5.74) is 2.20. The molecule has 2 aromatic carbocycles. The number of aromatic nitrogens is 1. The third-order valence-corrected chi connectivity index (χ3v) is 5.28. The van der Waals surface area contributed by atoms with Gasteiger partial charge in [0.25, 0.3) is 0 Å². The van der Waals surface area contributed by atoms with Gasteiger partial charge in [-0.3, -0.25) is 0 Å². The van der Waals surface area contributed by atoms with Crippen molar-refractivity contribution >= 4 is 17.0 Å². The minimum atomic E-state index is -0.356. The molecule has 0 aliphatic carbocycles. The van der Waals surface area contributed by atoms with Crippen molar-refractivity contribution in [1.82, 2.24) is 4.57 Å². The maximum Gasteiger partial charge on any atom is 0.231 e. The molecule has 4 aromatic rings. The van der Waals surface area contributed by atoms with Crippen molar-refractivity contribution in [3.63, 3.8) is 0 Å². The number of nitrogens with zero attached hydrogens (tertiary/aromatic N) is 2. The van der Waals surface area contributed by atoms with Crippen LogP contribution in [0.15, 0.2) is 75.7 Å². The number of hydrogen-bond acceptors (Lipinski definition) is 5. The van der Waals surface area contributed by atoms with Crippen LogP contribution in [0.5, 0.6) is 11.5 Å². The highest BCUT2D eigenvalue weighted by molar-refractivity contribution is 7.07. The van der Waals surface area contributed by atoms with Crippen LogP contribution in [0.3, 0.4) is 0 Å². The molecule has 0 amide bonds. The molecule has 0 spiro atoms. The number of halogens is 1. The number of thiazole rings is 1. The average molecular weight is 394 g/mol. The van der Waals surface area contributed by atoms with Gasteiger partial charge in [0.2, 0.25) is 6.79 Å².